The van der Waals surface area contributed by atoms with Crippen molar-refractivity contribution >= 4 is 12.0 Å². The van der Waals surface area contributed by atoms with E-state index in [1.165, 1.54) is 31.2 Å². The van der Waals surface area contributed by atoms with Crippen LogP contribution in [-0.4, -0.2) is 50.4 Å². The largest absolute Gasteiger partial charge is 0.450 e. The fourth-order valence-corrected chi connectivity index (χ4v) is 6.11. The van der Waals surface area contributed by atoms with Crippen molar-refractivity contribution in [3.8, 4) is 0 Å². The minimum absolute atomic E-state index is 0.0280. The second-order valence-corrected chi connectivity index (χ2v) is 11.3. The molecule has 8 heteroatoms. The van der Waals surface area contributed by atoms with Crippen molar-refractivity contribution in [2.24, 2.45) is 5.92 Å². The van der Waals surface area contributed by atoms with E-state index >= 15 is 0 Å². The molecule has 0 radical (unpaired) electrons. The number of hydrogen-bond donors (Lipinski definition) is 1. The summed E-state index contributed by atoms with van der Waals surface area (Å²) in [5.74, 6) is 1.23. The van der Waals surface area contributed by atoms with Crippen molar-refractivity contribution in [3.05, 3.63) is 48.0 Å². The van der Waals surface area contributed by atoms with Gasteiger partial charge in [0.1, 0.15) is 6.33 Å². The average Bonchev–Trinajstić information content (AvgIpc) is 3.42. The number of amides is 2. The predicted molar refractivity (Wildman–Crippen MR) is 152 cm³/mol. The Hall–Kier alpha value is -2.90. The number of alkyl carbamates (subject to hydrolysis) is 1. The number of ether oxygens (including phenoxy) is 1. The van der Waals surface area contributed by atoms with Crippen molar-refractivity contribution in [2.45, 2.75) is 122 Å². The van der Waals surface area contributed by atoms with Crippen molar-refractivity contribution < 1.29 is 14.3 Å². The number of carbonyl (C=O) groups is 2. The number of carbonyl (C=O) groups excluding carboxylic acids is 2. The molecule has 8 nitrogen and oxygen atoms in total. The van der Waals surface area contributed by atoms with Gasteiger partial charge in [-0.25, -0.2) is 14.5 Å². The first-order valence-electron chi connectivity index (χ1n) is 15.3. The molecule has 0 spiro atoms. The van der Waals surface area contributed by atoms with Gasteiger partial charge in [-0.05, 0) is 50.0 Å². The van der Waals surface area contributed by atoms with Crippen LogP contribution in [0.15, 0.2) is 36.7 Å². The maximum absolute atomic E-state index is 13.7. The van der Waals surface area contributed by atoms with E-state index in [1.807, 2.05) is 27.8 Å². The SMILES string of the molecule is CCCCOC(=O)N[C@@H](CCC(=O)N(Cc1ncn(Cc2ccccc2)n1)C1CCCCC1)C1CCCCC1. The van der Waals surface area contributed by atoms with Crippen molar-refractivity contribution in [1.29, 1.82) is 0 Å². The van der Waals surface area contributed by atoms with E-state index in [-0.39, 0.29) is 24.1 Å². The van der Waals surface area contributed by atoms with Gasteiger partial charge in [-0.2, -0.15) is 5.10 Å². The Labute approximate surface area is 233 Å². The highest BCUT2D eigenvalue weighted by Crippen LogP contribution is 2.30. The van der Waals surface area contributed by atoms with Crippen molar-refractivity contribution in [2.75, 3.05) is 6.61 Å². The summed E-state index contributed by atoms with van der Waals surface area (Å²) in [7, 11) is 0. The maximum atomic E-state index is 13.7. The van der Waals surface area contributed by atoms with Crippen molar-refractivity contribution in [3.63, 3.8) is 0 Å². The van der Waals surface area contributed by atoms with Gasteiger partial charge in [0, 0.05) is 18.5 Å². The standard InChI is InChI=1S/C31H47N5O3/c1-2-3-21-39-31(38)33-28(26-15-9-5-10-16-26)19-20-30(37)36(27-17-11-6-12-18-27)23-29-32-24-35(34-29)22-25-13-7-4-8-14-25/h4,7-8,13-14,24,26-28H,2-3,5-6,9-12,15-23H2,1H3,(H,33,38)/t28-/m0/s1. The predicted octanol–water partition coefficient (Wildman–Crippen LogP) is 6.24. The Morgan fingerprint density at radius 1 is 1.05 bits per heavy atom. The van der Waals surface area contributed by atoms with E-state index in [0.29, 0.717) is 44.3 Å². The second kappa shape index (κ2) is 15.6. The van der Waals surface area contributed by atoms with Crippen LogP contribution in [-0.2, 0) is 22.6 Å². The monoisotopic (exact) mass is 537 g/mol. The van der Waals surface area contributed by atoms with E-state index in [0.717, 1.165) is 51.4 Å². The molecule has 1 aromatic carbocycles. The van der Waals surface area contributed by atoms with Gasteiger partial charge in [0.05, 0.1) is 19.7 Å². The molecular weight excluding hydrogens is 490 g/mol. The molecule has 0 saturated heterocycles. The molecular formula is C31H47N5O3. The van der Waals surface area contributed by atoms with Gasteiger partial charge in [0.2, 0.25) is 5.91 Å². The summed E-state index contributed by atoms with van der Waals surface area (Å²) >= 11 is 0. The molecule has 0 bridgehead atoms. The van der Waals surface area contributed by atoms with Crippen LogP contribution in [0.1, 0.15) is 108 Å². The summed E-state index contributed by atoms with van der Waals surface area (Å²) in [6.07, 6.45) is 15.8. The number of hydrogen-bond acceptors (Lipinski definition) is 5. The minimum Gasteiger partial charge on any atom is -0.450 e. The zero-order valence-electron chi connectivity index (χ0n) is 23.7. The molecule has 1 N–H and O–H groups in total. The maximum Gasteiger partial charge on any atom is 0.407 e. The molecule has 2 saturated carbocycles. The Kier molecular flexibility index (Phi) is 11.7. The first kappa shape index (κ1) is 29.1. The molecule has 39 heavy (non-hydrogen) atoms. The summed E-state index contributed by atoms with van der Waals surface area (Å²) < 4.78 is 7.26. The van der Waals surface area contributed by atoms with Crippen LogP contribution in [0.4, 0.5) is 4.79 Å². The molecule has 0 aliphatic heterocycles. The van der Waals surface area contributed by atoms with Crippen LogP contribution in [0.3, 0.4) is 0 Å². The summed E-state index contributed by atoms with van der Waals surface area (Å²) in [5.41, 5.74) is 1.17. The molecule has 4 rings (SSSR count). The normalized spacial score (nSPS) is 17.5. The molecule has 2 aromatic rings. The lowest BCUT2D eigenvalue weighted by molar-refractivity contribution is -0.135. The topological polar surface area (TPSA) is 89.4 Å². The third-order valence-corrected chi connectivity index (χ3v) is 8.34. The lowest BCUT2D eigenvalue weighted by atomic mass is 9.82. The number of benzene rings is 1. The fourth-order valence-electron chi connectivity index (χ4n) is 6.11. The van der Waals surface area contributed by atoms with Crippen LogP contribution in [0.25, 0.3) is 0 Å². The molecule has 214 valence electrons. The molecule has 2 amide bonds. The molecule has 2 fully saturated rings. The summed E-state index contributed by atoms with van der Waals surface area (Å²) in [6, 6.07) is 10.4. The van der Waals surface area contributed by atoms with E-state index < -0.39 is 0 Å². The zero-order chi connectivity index (χ0) is 27.3. The number of nitrogens with zero attached hydrogens (tertiary/aromatic N) is 4. The molecule has 2 aliphatic carbocycles. The third kappa shape index (κ3) is 9.36. The molecule has 1 atom stereocenters. The second-order valence-electron chi connectivity index (χ2n) is 11.3. The third-order valence-electron chi connectivity index (χ3n) is 8.34. The Morgan fingerprint density at radius 3 is 2.49 bits per heavy atom. The van der Waals surface area contributed by atoms with Crippen LogP contribution in [0, 0.1) is 5.92 Å². The molecule has 1 aromatic heterocycles. The first-order chi connectivity index (χ1) is 19.1. The van der Waals surface area contributed by atoms with Gasteiger partial charge in [-0.15, -0.1) is 0 Å². The van der Waals surface area contributed by atoms with Crippen molar-refractivity contribution in [1.82, 2.24) is 25.0 Å². The van der Waals surface area contributed by atoms with Gasteiger partial charge in [0.15, 0.2) is 5.82 Å². The van der Waals surface area contributed by atoms with Gasteiger partial charge < -0.3 is 15.0 Å². The average molecular weight is 538 g/mol. The van der Waals surface area contributed by atoms with E-state index in [9.17, 15) is 9.59 Å². The lowest BCUT2D eigenvalue weighted by Gasteiger charge is -2.35. The van der Waals surface area contributed by atoms with Crippen LogP contribution in [0.5, 0.6) is 0 Å². The Bertz CT molecular complexity index is 999. The zero-order valence-corrected chi connectivity index (χ0v) is 23.7. The minimum atomic E-state index is -0.344. The first-order valence-corrected chi connectivity index (χ1v) is 15.3. The van der Waals surface area contributed by atoms with Crippen LogP contribution < -0.4 is 5.32 Å². The lowest BCUT2D eigenvalue weighted by Crippen LogP contribution is -2.44. The van der Waals surface area contributed by atoms with Crippen LogP contribution >= 0.6 is 0 Å². The Balaban J connectivity index is 1.39. The van der Waals surface area contributed by atoms with Crippen LogP contribution in [0.2, 0.25) is 0 Å². The van der Waals surface area contributed by atoms with Gasteiger partial charge in [-0.1, -0.05) is 82.2 Å². The van der Waals surface area contributed by atoms with E-state index in [1.54, 1.807) is 6.33 Å². The van der Waals surface area contributed by atoms with Gasteiger partial charge in [-0.3, -0.25) is 4.79 Å². The Morgan fingerprint density at radius 2 is 1.77 bits per heavy atom. The smallest absolute Gasteiger partial charge is 0.407 e. The molecule has 0 unspecified atom stereocenters. The summed E-state index contributed by atoms with van der Waals surface area (Å²) in [6.45, 7) is 3.62. The quantitative estimate of drug-likeness (QED) is 0.305. The highest BCUT2D eigenvalue weighted by molar-refractivity contribution is 5.76. The van der Waals surface area contributed by atoms with E-state index in [4.69, 9.17) is 9.84 Å². The summed E-state index contributed by atoms with van der Waals surface area (Å²) in [4.78, 5) is 32.9. The number of aromatic nitrogens is 3. The van der Waals surface area contributed by atoms with Gasteiger partial charge >= 0.3 is 6.09 Å². The fraction of sp³-hybridized carbons (Fsp3) is 0.677. The summed E-state index contributed by atoms with van der Waals surface area (Å²) in [5, 5.41) is 7.84. The highest BCUT2D eigenvalue weighted by Gasteiger charge is 2.30. The number of nitrogens with one attached hydrogen (secondary N) is 1. The number of unbranched alkanes of at least 4 members (excludes halogenated alkanes) is 1. The molecule has 2 aliphatic rings. The number of rotatable bonds is 13. The van der Waals surface area contributed by atoms with Gasteiger partial charge in [0.25, 0.3) is 0 Å². The van der Waals surface area contributed by atoms with E-state index in [2.05, 4.69) is 29.4 Å². The highest BCUT2D eigenvalue weighted by atomic mass is 16.5. The molecule has 1 heterocycles.